The number of amides is 1. The fourth-order valence-corrected chi connectivity index (χ4v) is 2.56. The molecule has 0 saturated heterocycles. The van der Waals surface area contributed by atoms with Gasteiger partial charge in [0.1, 0.15) is 6.17 Å². The van der Waals surface area contributed by atoms with Gasteiger partial charge in [0.15, 0.2) is 11.5 Å². The minimum atomic E-state index is -1.80. The van der Waals surface area contributed by atoms with Gasteiger partial charge < -0.3 is 20.1 Å². The van der Waals surface area contributed by atoms with Gasteiger partial charge in [-0.25, -0.2) is 0 Å². The van der Waals surface area contributed by atoms with Crippen molar-refractivity contribution in [2.45, 2.75) is 9.96 Å². The molecule has 0 bridgehead atoms. The van der Waals surface area contributed by atoms with Crippen molar-refractivity contribution in [3.05, 3.63) is 53.1 Å². The zero-order chi connectivity index (χ0) is 19.3. The Hall–Kier alpha value is -1.53. The van der Waals surface area contributed by atoms with Crippen molar-refractivity contribution in [3.63, 3.8) is 0 Å². The largest absolute Gasteiger partial charge is 0.493 e. The predicted molar refractivity (Wildman–Crippen MR) is 106 cm³/mol. The van der Waals surface area contributed by atoms with Gasteiger partial charge in [-0.05, 0) is 42.5 Å². The first-order chi connectivity index (χ1) is 12.2. The van der Waals surface area contributed by atoms with Gasteiger partial charge in [0.2, 0.25) is 3.79 Å². The molecule has 2 rings (SSSR count). The Bertz CT molecular complexity index is 764. The fraction of sp³-hybridized carbons (Fsp3) is 0.235. The van der Waals surface area contributed by atoms with Crippen molar-refractivity contribution < 1.29 is 14.3 Å². The Morgan fingerprint density at radius 2 is 1.62 bits per heavy atom. The molecule has 0 spiro atoms. The van der Waals surface area contributed by atoms with Gasteiger partial charge in [-0.15, -0.1) is 0 Å². The van der Waals surface area contributed by atoms with Crippen LogP contribution < -0.4 is 20.1 Å². The highest BCUT2D eigenvalue weighted by Gasteiger charge is 2.34. The lowest BCUT2D eigenvalue weighted by Crippen LogP contribution is -2.49. The molecule has 26 heavy (non-hydrogen) atoms. The van der Waals surface area contributed by atoms with Gasteiger partial charge in [-0.3, -0.25) is 4.79 Å². The summed E-state index contributed by atoms with van der Waals surface area (Å²) in [6, 6.07) is 11.5. The zero-order valence-electron chi connectivity index (χ0n) is 13.9. The van der Waals surface area contributed by atoms with E-state index < -0.39 is 15.9 Å². The van der Waals surface area contributed by atoms with Gasteiger partial charge in [0, 0.05) is 16.3 Å². The number of rotatable bonds is 6. The van der Waals surface area contributed by atoms with Gasteiger partial charge >= 0.3 is 0 Å². The molecule has 2 aromatic rings. The molecule has 0 unspecified atom stereocenters. The summed E-state index contributed by atoms with van der Waals surface area (Å²) in [7, 11) is 2.98. The summed E-state index contributed by atoms with van der Waals surface area (Å²) in [6.07, 6.45) is -0.991. The maximum Gasteiger partial charge on any atom is 0.253 e. The summed E-state index contributed by atoms with van der Waals surface area (Å²) < 4.78 is 8.55. The zero-order valence-corrected chi connectivity index (χ0v) is 16.9. The van der Waals surface area contributed by atoms with Crippen molar-refractivity contribution in [2.24, 2.45) is 0 Å². The molecule has 5 nitrogen and oxygen atoms in total. The molecule has 1 amide bonds. The van der Waals surface area contributed by atoms with Crippen molar-refractivity contribution in [2.75, 3.05) is 19.5 Å². The van der Waals surface area contributed by atoms with Crippen LogP contribution in [0.5, 0.6) is 11.5 Å². The molecular formula is C17H16Cl4N2O3. The lowest BCUT2D eigenvalue weighted by Gasteiger charge is -2.27. The summed E-state index contributed by atoms with van der Waals surface area (Å²) in [5.74, 6) is 0.459. The van der Waals surface area contributed by atoms with Crippen LogP contribution in [-0.4, -0.2) is 30.1 Å². The summed E-state index contributed by atoms with van der Waals surface area (Å²) >= 11 is 23.9. The molecule has 0 saturated carbocycles. The maximum atomic E-state index is 12.6. The lowest BCUT2D eigenvalue weighted by atomic mass is 10.2. The van der Waals surface area contributed by atoms with Crippen LogP contribution in [0.15, 0.2) is 42.5 Å². The molecule has 140 valence electrons. The number of hydrogen-bond acceptors (Lipinski definition) is 4. The van der Waals surface area contributed by atoms with Crippen LogP contribution in [0.3, 0.4) is 0 Å². The molecule has 0 heterocycles. The normalized spacial score (nSPS) is 12.2. The van der Waals surface area contributed by atoms with E-state index in [2.05, 4.69) is 10.6 Å². The summed E-state index contributed by atoms with van der Waals surface area (Å²) in [5.41, 5.74) is 0.943. The van der Waals surface area contributed by atoms with Crippen LogP contribution in [0.4, 0.5) is 5.69 Å². The Morgan fingerprint density at radius 3 is 2.15 bits per heavy atom. The molecule has 0 radical (unpaired) electrons. The number of methoxy groups -OCH3 is 2. The minimum Gasteiger partial charge on any atom is -0.493 e. The SMILES string of the molecule is COc1ccc(C(=O)N[C@@H](Nc2ccc(Cl)cc2)C(Cl)(Cl)Cl)cc1OC. The third-order valence-corrected chi connectivity index (χ3v) is 4.31. The lowest BCUT2D eigenvalue weighted by molar-refractivity contribution is 0.0941. The van der Waals surface area contributed by atoms with Crippen LogP contribution in [-0.2, 0) is 0 Å². The number of nitrogens with one attached hydrogen (secondary N) is 2. The highest BCUT2D eigenvalue weighted by molar-refractivity contribution is 6.68. The molecule has 0 aliphatic rings. The first kappa shape index (κ1) is 20.8. The molecule has 0 aliphatic carbocycles. The number of anilines is 1. The monoisotopic (exact) mass is 436 g/mol. The molecular weight excluding hydrogens is 422 g/mol. The van der Waals surface area contributed by atoms with Gasteiger partial charge in [0.25, 0.3) is 5.91 Å². The second kappa shape index (κ2) is 8.91. The molecule has 9 heteroatoms. The van der Waals surface area contributed by atoms with Gasteiger partial charge in [0.05, 0.1) is 14.2 Å². The first-order valence-electron chi connectivity index (χ1n) is 7.36. The molecule has 2 aromatic carbocycles. The van der Waals surface area contributed by atoms with Crippen LogP contribution in [0, 0.1) is 0 Å². The average Bonchev–Trinajstić information content (AvgIpc) is 2.61. The molecule has 0 aromatic heterocycles. The van der Waals surface area contributed by atoms with Crippen LogP contribution in [0.2, 0.25) is 5.02 Å². The number of carbonyl (C=O) groups excluding carboxylic acids is 1. The summed E-state index contributed by atoms with van der Waals surface area (Å²) in [6.45, 7) is 0. The molecule has 0 fully saturated rings. The molecule has 1 atom stereocenters. The van der Waals surface area contributed by atoms with E-state index in [1.807, 2.05) is 0 Å². The Morgan fingerprint density at radius 1 is 1.00 bits per heavy atom. The highest BCUT2D eigenvalue weighted by Crippen LogP contribution is 2.32. The van der Waals surface area contributed by atoms with Crippen LogP contribution in [0.25, 0.3) is 0 Å². The van der Waals surface area contributed by atoms with Crippen LogP contribution >= 0.6 is 46.4 Å². The van der Waals surface area contributed by atoms with E-state index in [1.54, 1.807) is 36.4 Å². The van der Waals surface area contributed by atoms with Crippen molar-refractivity contribution in [1.82, 2.24) is 5.32 Å². The topological polar surface area (TPSA) is 59.6 Å². The van der Waals surface area contributed by atoms with E-state index in [-0.39, 0.29) is 0 Å². The standard InChI is InChI=1S/C17H16Cl4N2O3/c1-25-13-8-3-10(9-14(13)26-2)15(24)23-16(17(19,20)21)22-12-6-4-11(18)5-7-12/h3-9,16,22H,1-2H3,(H,23,24)/t16-/m1/s1. The Kier molecular flexibility index (Phi) is 7.12. The number of carbonyl (C=O) groups is 1. The first-order valence-corrected chi connectivity index (χ1v) is 8.87. The fourth-order valence-electron chi connectivity index (χ4n) is 2.10. The second-order valence-corrected chi connectivity index (χ2v) is 7.97. The number of halogens is 4. The molecule has 2 N–H and O–H groups in total. The minimum absolute atomic E-state index is 0.319. The summed E-state index contributed by atoms with van der Waals surface area (Å²) in [5, 5.41) is 6.17. The van der Waals surface area contributed by atoms with E-state index in [4.69, 9.17) is 55.9 Å². The highest BCUT2D eigenvalue weighted by atomic mass is 35.6. The number of hydrogen-bond donors (Lipinski definition) is 2. The van der Waals surface area contributed by atoms with E-state index in [0.29, 0.717) is 27.8 Å². The smallest absolute Gasteiger partial charge is 0.253 e. The second-order valence-electron chi connectivity index (χ2n) is 5.17. The van der Waals surface area contributed by atoms with Crippen molar-refractivity contribution >= 4 is 58.0 Å². The Labute approximate surface area is 171 Å². The van der Waals surface area contributed by atoms with E-state index in [9.17, 15) is 4.79 Å². The van der Waals surface area contributed by atoms with E-state index in [0.717, 1.165) is 0 Å². The van der Waals surface area contributed by atoms with Crippen molar-refractivity contribution in [1.29, 1.82) is 0 Å². The summed E-state index contributed by atoms with van der Waals surface area (Å²) in [4.78, 5) is 12.6. The van der Waals surface area contributed by atoms with Gasteiger partial charge in [-0.2, -0.15) is 0 Å². The quantitative estimate of drug-likeness (QED) is 0.498. The van der Waals surface area contributed by atoms with Gasteiger partial charge in [-0.1, -0.05) is 46.4 Å². The third kappa shape index (κ3) is 5.48. The maximum absolute atomic E-state index is 12.6. The number of benzene rings is 2. The third-order valence-electron chi connectivity index (χ3n) is 3.40. The predicted octanol–water partition coefficient (Wildman–Crippen LogP) is 4.90. The van der Waals surface area contributed by atoms with E-state index >= 15 is 0 Å². The van der Waals surface area contributed by atoms with E-state index in [1.165, 1.54) is 20.3 Å². The van der Waals surface area contributed by atoms with Crippen LogP contribution in [0.1, 0.15) is 10.4 Å². The number of alkyl halides is 3. The molecule has 0 aliphatic heterocycles. The Balaban J connectivity index is 2.20. The number of ether oxygens (including phenoxy) is 2. The van der Waals surface area contributed by atoms with Crippen molar-refractivity contribution in [3.8, 4) is 11.5 Å². The average molecular weight is 438 g/mol.